The number of nitrogens with one attached hydrogen (secondary N) is 1. The summed E-state index contributed by atoms with van der Waals surface area (Å²) >= 11 is 0. The summed E-state index contributed by atoms with van der Waals surface area (Å²) in [5.41, 5.74) is 1.72. The minimum atomic E-state index is -0.670. The molecule has 1 aliphatic rings. The Hall–Kier alpha value is -3.67. The van der Waals surface area contributed by atoms with Gasteiger partial charge in [-0.15, -0.1) is 0 Å². The standard InChI is InChI=1S/C23H21NO5/c1-16(23(25)24-18-7-12-21-22(13-18)28-15-27-21)29-20-10-8-19(9-11-20)26-14-17-5-3-2-4-6-17/h2-13,16H,14-15H2,1H3,(H,24,25)/t16-/m1/s1. The van der Waals surface area contributed by atoms with Crippen LogP contribution in [0.15, 0.2) is 72.8 Å². The van der Waals surface area contributed by atoms with Crippen molar-refractivity contribution in [2.75, 3.05) is 12.1 Å². The molecule has 29 heavy (non-hydrogen) atoms. The van der Waals surface area contributed by atoms with E-state index in [-0.39, 0.29) is 12.7 Å². The summed E-state index contributed by atoms with van der Waals surface area (Å²) < 4.78 is 22.1. The van der Waals surface area contributed by atoms with Gasteiger partial charge < -0.3 is 24.3 Å². The van der Waals surface area contributed by atoms with Crippen molar-refractivity contribution in [3.63, 3.8) is 0 Å². The number of benzene rings is 3. The molecule has 148 valence electrons. The summed E-state index contributed by atoms with van der Waals surface area (Å²) in [4.78, 5) is 12.4. The monoisotopic (exact) mass is 391 g/mol. The molecule has 0 bridgehead atoms. The van der Waals surface area contributed by atoms with Crippen LogP contribution in [-0.2, 0) is 11.4 Å². The van der Waals surface area contributed by atoms with Crippen molar-refractivity contribution in [3.8, 4) is 23.0 Å². The molecule has 6 heteroatoms. The lowest BCUT2D eigenvalue weighted by Gasteiger charge is -2.15. The highest BCUT2D eigenvalue weighted by Gasteiger charge is 2.18. The third-order valence-corrected chi connectivity index (χ3v) is 4.39. The van der Waals surface area contributed by atoms with Crippen LogP contribution in [-0.4, -0.2) is 18.8 Å². The molecule has 6 nitrogen and oxygen atoms in total. The molecule has 4 rings (SSSR count). The van der Waals surface area contributed by atoms with Crippen LogP contribution in [0.3, 0.4) is 0 Å². The van der Waals surface area contributed by atoms with E-state index in [0.29, 0.717) is 29.5 Å². The SMILES string of the molecule is C[C@@H](Oc1ccc(OCc2ccccc2)cc1)C(=O)Nc1ccc2c(c1)OCO2. The summed E-state index contributed by atoms with van der Waals surface area (Å²) in [6.07, 6.45) is -0.670. The number of ether oxygens (including phenoxy) is 4. The van der Waals surface area contributed by atoms with Crippen LogP contribution in [0.25, 0.3) is 0 Å². The van der Waals surface area contributed by atoms with Gasteiger partial charge in [0.15, 0.2) is 17.6 Å². The molecule has 3 aromatic rings. The minimum Gasteiger partial charge on any atom is -0.489 e. The normalized spacial score (nSPS) is 12.9. The largest absolute Gasteiger partial charge is 0.489 e. The minimum absolute atomic E-state index is 0.192. The Bertz CT molecular complexity index is 972. The van der Waals surface area contributed by atoms with Crippen molar-refractivity contribution in [1.29, 1.82) is 0 Å². The van der Waals surface area contributed by atoms with Crippen LogP contribution in [0.1, 0.15) is 12.5 Å². The topological polar surface area (TPSA) is 66.0 Å². The second-order valence-electron chi connectivity index (χ2n) is 6.56. The number of rotatable bonds is 7. The number of carbonyl (C=O) groups excluding carboxylic acids is 1. The van der Waals surface area contributed by atoms with E-state index in [9.17, 15) is 4.79 Å². The molecule has 0 unspecified atom stereocenters. The summed E-state index contributed by atoms with van der Waals surface area (Å²) in [6.45, 7) is 2.38. The lowest BCUT2D eigenvalue weighted by Crippen LogP contribution is -2.30. The molecule has 1 amide bonds. The molecule has 3 aromatic carbocycles. The van der Waals surface area contributed by atoms with E-state index >= 15 is 0 Å². The molecule has 1 aliphatic heterocycles. The number of hydrogen-bond donors (Lipinski definition) is 1. The Morgan fingerprint density at radius 2 is 1.69 bits per heavy atom. The molecule has 0 radical (unpaired) electrons. The molecular formula is C23H21NO5. The van der Waals surface area contributed by atoms with Crippen LogP contribution in [0.5, 0.6) is 23.0 Å². The quantitative estimate of drug-likeness (QED) is 0.647. The molecule has 0 aliphatic carbocycles. The van der Waals surface area contributed by atoms with Crippen molar-refractivity contribution < 1.29 is 23.7 Å². The van der Waals surface area contributed by atoms with Gasteiger partial charge in [-0.3, -0.25) is 4.79 Å². The van der Waals surface area contributed by atoms with Crippen molar-refractivity contribution in [3.05, 3.63) is 78.4 Å². The molecule has 1 N–H and O–H groups in total. The third-order valence-electron chi connectivity index (χ3n) is 4.39. The first kappa shape index (κ1) is 18.7. The fraction of sp³-hybridized carbons (Fsp3) is 0.174. The Morgan fingerprint density at radius 1 is 0.966 bits per heavy atom. The Kier molecular flexibility index (Phi) is 5.52. The first-order valence-electron chi connectivity index (χ1n) is 9.31. The molecule has 1 heterocycles. The number of anilines is 1. The summed E-state index contributed by atoms with van der Waals surface area (Å²) in [7, 11) is 0. The highest BCUT2D eigenvalue weighted by atomic mass is 16.7. The van der Waals surface area contributed by atoms with Gasteiger partial charge in [-0.1, -0.05) is 30.3 Å². The lowest BCUT2D eigenvalue weighted by molar-refractivity contribution is -0.122. The zero-order chi connectivity index (χ0) is 20.1. The van der Waals surface area contributed by atoms with Gasteiger partial charge in [0.2, 0.25) is 6.79 Å². The van der Waals surface area contributed by atoms with Crippen molar-refractivity contribution in [1.82, 2.24) is 0 Å². The van der Waals surface area contributed by atoms with E-state index in [1.54, 1.807) is 37.3 Å². The van der Waals surface area contributed by atoms with Crippen LogP contribution in [0.4, 0.5) is 5.69 Å². The molecule has 0 fully saturated rings. The van der Waals surface area contributed by atoms with Crippen LogP contribution in [0, 0.1) is 0 Å². The average molecular weight is 391 g/mol. The zero-order valence-electron chi connectivity index (χ0n) is 16.0. The molecule has 0 saturated carbocycles. The smallest absolute Gasteiger partial charge is 0.265 e. The zero-order valence-corrected chi connectivity index (χ0v) is 16.0. The average Bonchev–Trinajstić information content (AvgIpc) is 3.22. The third kappa shape index (κ3) is 4.79. The fourth-order valence-electron chi connectivity index (χ4n) is 2.83. The van der Waals surface area contributed by atoms with E-state index in [1.807, 2.05) is 42.5 Å². The maximum absolute atomic E-state index is 12.4. The van der Waals surface area contributed by atoms with Crippen LogP contribution < -0.4 is 24.3 Å². The number of fused-ring (bicyclic) bond motifs is 1. The van der Waals surface area contributed by atoms with E-state index in [2.05, 4.69) is 5.32 Å². The van der Waals surface area contributed by atoms with Gasteiger partial charge in [-0.05, 0) is 48.9 Å². The maximum atomic E-state index is 12.4. The molecule has 0 saturated heterocycles. The molecule has 0 aromatic heterocycles. The lowest BCUT2D eigenvalue weighted by atomic mass is 10.2. The van der Waals surface area contributed by atoms with Crippen molar-refractivity contribution in [2.24, 2.45) is 0 Å². The molecular weight excluding hydrogens is 370 g/mol. The van der Waals surface area contributed by atoms with Gasteiger partial charge in [0, 0.05) is 11.8 Å². The van der Waals surface area contributed by atoms with Crippen molar-refractivity contribution >= 4 is 11.6 Å². The number of hydrogen-bond acceptors (Lipinski definition) is 5. The summed E-state index contributed by atoms with van der Waals surface area (Å²) in [5, 5.41) is 2.82. The van der Waals surface area contributed by atoms with Gasteiger partial charge in [0.25, 0.3) is 5.91 Å². The first-order chi connectivity index (χ1) is 14.2. The van der Waals surface area contributed by atoms with Crippen molar-refractivity contribution in [2.45, 2.75) is 19.6 Å². The van der Waals surface area contributed by atoms with Crippen LogP contribution >= 0.6 is 0 Å². The van der Waals surface area contributed by atoms with Gasteiger partial charge >= 0.3 is 0 Å². The molecule has 1 atom stereocenters. The van der Waals surface area contributed by atoms with Gasteiger partial charge in [0.1, 0.15) is 18.1 Å². The van der Waals surface area contributed by atoms with E-state index in [4.69, 9.17) is 18.9 Å². The Morgan fingerprint density at radius 3 is 2.48 bits per heavy atom. The summed E-state index contributed by atoms with van der Waals surface area (Å²) in [6, 6.07) is 22.4. The molecule has 0 spiro atoms. The van der Waals surface area contributed by atoms with Gasteiger partial charge in [-0.25, -0.2) is 0 Å². The summed E-state index contributed by atoms with van der Waals surface area (Å²) in [5.74, 6) is 2.35. The fourth-order valence-corrected chi connectivity index (χ4v) is 2.83. The predicted molar refractivity (Wildman–Crippen MR) is 109 cm³/mol. The first-order valence-corrected chi connectivity index (χ1v) is 9.31. The second-order valence-corrected chi connectivity index (χ2v) is 6.56. The highest BCUT2D eigenvalue weighted by Crippen LogP contribution is 2.34. The number of carbonyl (C=O) groups is 1. The number of amides is 1. The maximum Gasteiger partial charge on any atom is 0.265 e. The Balaban J connectivity index is 1.29. The van der Waals surface area contributed by atoms with Gasteiger partial charge in [-0.2, -0.15) is 0 Å². The Labute approximate surface area is 169 Å². The predicted octanol–water partition coefficient (Wildman–Crippen LogP) is 4.40. The van der Waals surface area contributed by atoms with Crippen LogP contribution in [0.2, 0.25) is 0 Å². The van der Waals surface area contributed by atoms with E-state index < -0.39 is 6.10 Å². The van der Waals surface area contributed by atoms with E-state index in [0.717, 1.165) is 11.3 Å². The van der Waals surface area contributed by atoms with E-state index in [1.165, 1.54) is 0 Å². The highest BCUT2D eigenvalue weighted by molar-refractivity contribution is 5.94. The van der Waals surface area contributed by atoms with Gasteiger partial charge in [0.05, 0.1) is 0 Å². The second kappa shape index (κ2) is 8.56.